The van der Waals surface area contributed by atoms with Crippen molar-refractivity contribution in [3.8, 4) is 5.75 Å². The van der Waals surface area contributed by atoms with E-state index in [0.29, 0.717) is 18.8 Å². The van der Waals surface area contributed by atoms with Crippen molar-refractivity contribution >= 4 is 11.9 Å². The molecule has 0 radical (unpaired) electrons. The number of carbonyl (C=O) groups is 2. The van der Waals surface area contributed by atoms with Gasteiger partial charge in [-0.25, -0.2) is 0 Å². The van der Waals surface area contributed by atoms with E-state index >= 15 is 0 Å². The van der Waals surface area contributed by atoms with Gasteiger partial charge in [0, 0.05) is 0 Å². The third kappa shape index (κ3) is 5.30. The van der Waals surface area contributed by atoms with Crippen LogP contribution in [0, 0.1) is 6.92 Å². The number of hydrogen-bond acceptors (Lipinski definition) is 4. The van der Waals surface area contributed by atoms with Gasteiger partial charge in [0.15, 0.2) is 6.10 Å². The first-order valence-corrected chi connectivity index (χ1v) is 6.73. The molecule has 1 aromatic carbocycles. The Kier molecular flexibility index (Phi) is 6.56. The summed E-state index contributed by atoms with van der Waals surface area (Å²) in [7, 11) is 0. The van der Waals surface area contributed by atoms with Crippen molar-refractivity contribution < 1.29 is 19.1 Å². The molecule has 0 spiro atoms. The Morgan fingerprint density at radius 2 is 2.05 bits per heavy atom. The smallest absolute Gasteiger partial charge is 0.325 e. The second-order valence-electron chi connectivity index (χ2n) is 4.35. The molecule has 0 aliphatic heterocycles. The van der Waals surface area contributed by atoms with Crippen molar-refractivity contribution in [1.82, 2.24) is 5.32 Å². The molecule has 0 bridgehead atoms. The third-order valence-electron chi connectivity index (χ3n) is 2.64. The summed E-state index contributed by atoms with van der Waals surface area (Å²) < 4.78 is 10.4. The van der Waals surface area contributed by atoms with Crippen molar-refractivity contribution in [1.29, 1.82) is 0 Å². The normalized spacial score (nSPS) is 11.6. The number of ether oxygens (including phenoxy) is 2. The second-order valence-corrected chi connectivity index (χ2v) is 4.35. The Morgan fingerprint density at radius 3 is 2.65 bits per heavy atom. The summed E-state index contributed by atoms with van der Waals surface area (Å²) in [6.07, 6.45) is -0.103. The summed E-state index contributed by atoms with van der Waals surface area (Å²) in [4.78, 5) is 23.1. The lowest BCUT2D eigenvalue weighted by atomic mass is 10.2. The molecular formula is C15H21NO4. The highest BCUT2D eigenvalue weighted by atomic mass is 16.5. The molecule has 1 rings (SSSR count). The average molecular weight is 279 g/mol. The third-order valence-corrected chi connectivity index (χ3v) is 2.64. The van der Waals surface area contributed by atoms with E-state index in [9.17, 15) is 9.59 Å². The average Bonchev–Trinajstić information content (AvgIpc) is 2.42. The van der Waals surface area contributed by atoms with Gasteiger partial charge in [-0.2, -0.15) is 0 Å². The summed E-state index contributed by atoms with van der Waals surface area (Å²) in [5.74, 6) is -0.128. The number of amides is 1. The van der Waals surface area contributed by atoms with Crippen LogP contribution in [0.25, 0.3) is 0 Å². The van der Waals surface area contributed by atoms with Gasteiger partial charge in [-0.1, -0.05) is 19.1 Å². The molecule has 1 amide bonds. The summed E-state index contributed by atoms with van der Waals surface area (Å²) in [5, 5.41) is 2.51. The van der Waals surface area contributed by atoms with Crippen molar-refractivity contribution in [2.24, 2.45) is 0 Å². The number of nitrogens with one attached hydrogen (secondary N) is 1. The Hall–Kier alpha value is -2.04. The van der Waals surface area contributed by atoms with Crippen LogP contribution in [0.2, 0.25) is 0 Å². The monoisotopic (exact) mass is 279 g/mol. The zero-order valence-corrected chi connectivity index (χ0v) is 12.1. The van der Waals surface area contributed by atoms with E-state index < -0.39 is 12.1 Å². The number of benzene rings is 1. The maximum Gasteiger partial charge on any atom is 0.325 e. The molecule has 1 aromatic rings. The standard InChI is InChI=1S/C15H21NO4/c1-4-13(15(18)16-10-14(17)19-5-2)20-12-8-6-7-11(3)9-12/h6-9,13H,4-5,10H2,1-3H3,(H,16,18). The highest BCUT2D eigenvalue weighted by molar-refractivity contribution is 5.85. The van der Waals surface area contributed by atoms with Crippen LogP contribution in [0.15, 0.2) is 24.3 Å². The van der Waals surface area contributed by atoms with Crippen LogP contribution < -0.4 is 10.1 Å². The maximum atomic E-state index is 11.9. The van der Waals surface area contributed by atoms with Crippen LogP contribution in [-0.2, 0) is 14.3 Å². The van der Waals surface area contributed by atoms with Crippen LogP contribution in [0.1, 0.15) is 25.8 Å². The minimum Gasteiger partial charge on any atom is -0.481 e. The van der Waals surface area contributed by atoms with Gasteiger partial charge in [-0.15, -0.1) is 0 Å². The Balaban J connectivity index is 2.53. The molecule has 5 heteroatoms. The van der Waals surface area contributed by atoms with E-state index in [1.54, 1.807) is 13.0 Å². The second kappa shape index (κ2) is 8.19. The van der Waals surface area contributed by atoms with E-state index in [4.69, 9.17) is 9.47 Å². The summed E-state index contributed by atoms with van der Waals surface area (Å²) >= 11 is 0. The van der Waals surface area contributed by atoms with Gasteiger partial charge >= 0.3 is 5.97 Å². The zero-order valence-electron chi connectivity index (χ0n) is 12.1. The topological polar surface area (TPSA) is 64.6 Å². The molecular weight excluding hydrogens is 258 g/mol. The van der Waals surface area contributed by atoms with E-state index in [-0.39, 0.29) is 12.5 Å². The van der Waals surface area contributed by atoms with Gasteiger partial charge in [-0.3, -0.25) is 9.59 Å². The molecule has 5 nitrogen and oxygen atoms in total. The molecule has 0 aliphatic carbocycles. The number of hydrogen-bond donors (Lipinski definition) is 1. The molecule has 0 aromatic heterocycles. The highest BCUT2D eigenvalue weighted by Crippen LogP contribution is 2.15. The van der Waals surface area contributed by atoms with E-state index in [0.717, 1.165) is 5.56 Å². The number of esters is 1. The Bertz CT molecular complexity index is 459. The van der Waals surface area contributed by atoms with Crippen molar-refractivity contribution in [3.05, 3.63) is 29.8 Å². The van der Waals surface area contributed by atoms with Crippen LogP contribution in [0.5, 0.6) is 5.75 Å². The Labute approximate surface area is 119 Å². The SMILES string of the molecule is CCOC(=O)CNC(=O)C(CC)Oc1cccc(C)c1. The molecule has 0 aliphatic rings. The first kappa shape index (κ1) is 16.0. The summed E-state index contributed by atoms with van der Waals surface area (Å²) in [5.41, 5.74) is 1.06. The fourth-order valence-electron chi connectivity index (χ4n) is 1.66. The lowest BCUT2D eigenvalue weighted by Gasteiger charge is -2.17. The fourth-order valence-corrected chi connectivity index (χ4v) is 1.66. The minimum absolute atomic E-state index is 0.139. The fraction of sp³-hybridized carbons (Fsp3) is 0.467. The van der Waals surface area contributed by atoms with Crippen LogP contribution in [0.3, 0.4) is 0 Å². The number of aryl methyl sites for hydroxylation is 1. The molecule has 0 fully saturated rings. The van der Waals surface area contributed by atoms with Crippen molar-refractivity contribution in [2.75, 3.05) is 13.2 Å². The molecule has 1 unspecified atom stereocenters. The van der Waals surface area contributed by atoms with E-state index in [1.807, 2.05) is 32.0 Å². The van der Waals surface area contributed by atoms with Crippen molar-refractivity contribution in [2.45, 2.75) is 33.3 Å². The van der Waals surface area contributed by atoms with Crippen molar-refractivity contribution in [3.63, 3.8) is 0 Å². The van der Waals surface area contributed by atoms with Gasteiger partial charge in [0.2, 0.25) is 0 Å². The Morgan fingerprint density at radius 1 is 1.30 bits per heavy atom. The quantitative estimate of drug-likeness (QED) is 0.773. The number of carbonyl (C=O) groups excluding carboxylic acids is 2. The first-order chi connectivity index (χ1) is 9.56. The van der Waals surface area contributed by atoms with Gasteiger partial charge in [0.05, 0.1) is 6.61 Å². The molecule has 1 N–H and O–H groups in total. The molecule has 0 saturated carbocycles. The van der Waals surface area contributed by atoms with E-state index in [2.05, 4.69) is 5.32 Å². The van der Waals surface area contributed by atoms with Gasteiger partial charge in [-0.05, 0) is 38.0 Å². The molecule has 1 atom stereocenters. The van der Waals surface area contributed by atoms with Crippen LogP contribution >= 0.6 is 0 Å². The summed E-state index contributed by atoms with van der Waals surface area (Å²) in [6, 6.07) is 7.48. The van der Waals surface area contributed by atoms with Crippen LogP contribution in [0.4, 0.5) is 0 Å². The lowest BCUT2D eigenvalue weighted by Crippen LogP contribution is -2.40. The molecule has 0 heterocycles. The summed E-state index contributed by atoms with van der Waals surface area (Å²) in [6.45, 7) is 5.68. The maximum absolute atomic E-state index is 11.9. The molecule has 110 valence electrons. The van der Waals surface area contributed by atoms with Gasteiger partial charge in [0.25, 0.3) is 5.91 Å². The van der Waals surface area contributed by atoms with E-state index in [1.165, 1.54) is 0 Å². The minimum atomic E-state index is -0.619. The first-order valence-electron chi connectivity index (χ1n) is 6.73. The van der Waals surface area contributed by atoms with Crippen LogP contribution in [-0.4, -0.2) is 31.1 Å². The predicted octanol–water partition coefficient (Wildman–Crippen LogP) is 1.83. The lowest BCUT2D eigenvalue weighted by molar-refractivity contribution is -0.144. The zero-order chi connectivity index (χ0) is 15.0. The number of rotatable bonds is 7. The highest BCUT2D eigenvalue weighted by Gasteiger charge is 2.19. The molecule has 0 saturated heterocycles. The predicted molar refractivity (Wildman–Crippen MR) is 75.5 cm³/mol. The van der Waals surface area contributed by atoms with Gasteiger partial charge < -0.3 is 14.8 Å². The van der Waals surface area contributed by atoms with Gasteiger partial charge in [0.1, 0.15) is 12.3 Å². The largest absolute Gasteiger partial charge is 0.481 e. The molecule has 20 heavy (non-hydrogen) atoms.